The summed E-state index contributed by atoms with van der Waals surface area (Å²) in [5, 5.41) is 9.78. The molecule has 0 fully saturated rings. The maximum Gasteiger partial charge on any atom is -0.000170 e. The zero-order valence-corrected chi connectivity index (χ0v) is 18.4. The van der Waals surface area contributed by atoms with Gasteiger partial charge in [-0.25, -0.2) is 0 Å². The van der Waals surface area contributed by atoms with E-state index >= 15 is 0 Å². The van der Waals surface area contributed by atoms with Crippen LogP contribution in [0.2, 0.25) is 0 Å². The van der Waals surface area contributed by atoms with Crippen LogP contribution in [0.4, 0.5) is 0 Å². The largest absolute Gasteiger partial charge is 0.0886 e. The standard InChI is InChI=1S/C31H19P/c1-32(21-13-3-2-4-14-21)30-24-17-7-11-19-9-5-15-22(26(19)24)28(30)29-23-16-6-10-20-12-8-18-25(27(20)23)31(29)32/h2-18H,1H2. The summed E-state index contributed by atoms with van der Waals surface area (Å²) in [7, 11) is 0. The maximum atomic E-state index is 5.16. The zero-order chi connectivity index (χ0) is 21.0. The Kier molecular flexibility index (Phi) is 2.98. The number of fused-ring (bicyclic) bond motifs is 5. The average Bonchev–Trinajstić information content (AvgIpc) is 3.45. The van der Waals surface area contributed by atoms with E-state index in [0.717, 1.165) is 0 Å². The molecule has 5 aromatic rings. The van der Waals surface area contributed by atoms with E-state index in [0.29, 0.717) is 0 Å². The first-order valence-corrected chi connectivity index (χ1v) is 13.1. The highest BCUT2D eigenvalue weighted by Gasteiger charge is 2.47. The SMILES string of the molecule is C=P1(c2ccccc2)C2=C(C3=C1c1cccc4cccc3c14)c1cccc3cccc2c13. The van der Waals surface area contributed by atoms with E-state index in [-0.39, 0.29) is 0 Å². The van der Waals surface area contributed by atoms with Crippen LogP contribution in [0, 0.1) is 0 Å². The Bertz CT molecular complexity index is 1660. The molecule has 1 aliphatic heterocycles. The van der Waals surface area contributed by atoms with Gasteiger partial charge < -0.3 is 0 Å². The number of hydrogen-bond acceptors (Lipinski definition) is 0. The molecular formula is C31H19P. The van der Waals surface area contributed by atoms with Crippen molar-refractivity contribution in [2.45, 2.75) is 0 Å². The van der Waals surface area contributed by atoms with Gasteiger partial charge in [-0.15, -0.1) is 0 Å². The van der Waals surface area contributed by atoms with Crippen LogP contribution in [0.25, 0.3) is 43.3 Å². The second-order valence-electron chi connectivity index (χ2n) is 9.01. The molecule has 5 aromatic carbocycles. The van der Waals surface area contributed by atoms with Crippen LogP contribution in [0.15, 0.2) is 103 Å². The van der Waals surface area contributed by atoms with E-state index < -0.39 is 6.89 Å². The van der Waals surface area contributed by atoms with Gasteiger partial charge in [0.25, 0.3) is 0 Å². The quantitative estimate of drug-likeness (QED) is 0.241. The smallest absolute Gasteiger partial charge is 0.000170 e. The van der Waals surface area contributed by atoms with Crippen LogP contribution in [0.3, 0.4) is 0 Å². The molecule has 1 heteroatoms. The predicted molar refractivity (Wildman–Crippen MR) is 142 cm³/mol. The fraction of sp³-hybridized carbons (Fsp3) is 0. The van der Waals surface area contributed by atoms with E-state index in [1.54, 1.807) is 0 Å². The molecule has 2 aliphatic carbocycles. The summed E-state index contributed by atoms with van der Waals surface area (Å²) in [5.41, 5.74) is 8.41. The van der Waals surface area contributed by atoms with Crippen molar-refractivity contribution in [3.05, 3.63) is 125 Å². The highest BCUT2D eigenvalue weighted by Crippen LogP contribution is 2.80. The van der Waals surface area contributed by atoms with Gasteiger partial charge in [-0.2, -0.15) is 0 Å². The van der Waals surface area contributed by atoms with Gasteiger partial charge in [0.05, 0.1) is 0 Å². The second kappa shape index (κ2) is 5.60. The molecular weight excluding hydrogens is 403 g/mol. The number of allylic oxidation sites excluding steroid dienone is 2. The van der Waals surface area contributed by atoms with Crippen molar-refractivity contribution in [1.29, 1.82) is 0 Å². The lowest BCUT2D eigenvalue weighted by molar-refractivity contribution is 1.69. The zero-order valence-electron chi connectivity index (χ0n) is 17.5. The molecule has 8 rings (SSSR count). The summed E-state index contributed by atoms with van der Waals surface area (Å²) in [4.78, 5) is 0. The molecule has 0 unspecified atom stereocenters. The Labute approximate surface area is 187 Å². The van der Waals surface area contributed by atoms with Crippen molar-refractivity contribution in [2.24, 2.45) is 0 Å². The van der Waals surface area contributed by atoms with Crippen LogP contribution < -0.4 is 5.30 Å². The third-order valence-corrected chi connectivity index (χ3v) is 11.2. The average molecular weight is 422 g/mol. The molecule has 32 heavy (non-hydrogen) atoms. The van der Waals surface area contributed by atoms with Gasteiger partial charge >= 0.3 is 0 Å². The normalized spacial score (nSPS) is 16.9. The summed E-state index contributed by atoms with van der Waals surface area (Å²) < 4.78 is 0. The fourth-order valence-electron chi connectivity index (χ4n) is 6.37. The Balaban J connectivity index is 1.60. The van der Waals surface area contributed by atoms with Gasteiger partial charge in [0.15, 0.2) is 0 Å². The highest BCUT2D eigenvalue weighted by atomic mass is 31.2. The molecule has 148 valence electrons. The molecule has 1 heterocycles. The summed E-state index contributed by atoms with van der Waals surface area (Å²) in [5.74, 6) is 0. The summed E-state index contributed by atoms with van der Waals surface area (Å²) in [6, 6.07) is 38.2. The molecule has 0 atom stereocenters. The highest BCUT2D eigenvalue weighted by molar-refractivity contribution is 7.99. The van der Waals surface area contributed by atoms with Gasteiger partial charge in [0.2, 0.25) is 0 Å². The van der Waals surface area contributed by atoms with Crippen LogP contribution in [-0.4, -0.2) is 6.30 Å². The first-order chi connectivity index (χ1) is 15.8. The lowest BCUT2D eigenvalue weighted by atomic mass is 9.94. The monoisotopic (exact) mass is 422 g/mol. The van der Waals surface area contributed by atoms with Crippen molar-refractivity contribution in [3.8, 4) is 0 Å². The summed E-state index contributed by atoms with van der Waals surface area (Å²) >= 11 is 0. The third-order valence-electron chi connectivity index (χ3n) is 7.54. The molecule has 0 spiro atoms. The molecule has 0 N–H and O–H groups in total. The number of rotatable bonds is 1. The van der Waals surface area contributed by atoms with Crippen LogP contribution in [0.1, 0.15) is 22.3 Å². The first-order valence-electron chi connectivity index (χ1n) is 11.1. The molecule has 0 amide bonds. The van der Waals surface area contributed by atoms with E-state index in [2.05, 4.69) is 103 Å². The van der Waals surface area contributed by atoms with Crippen molar-refractivity contribution < 1.29 is 0 Å². The Morgan fingerprint density at radius 2 is 0.875 bits per heavy atom. The lowest BCUT2D eigenvalue weighted by Gasteiger charge is -2.28. The Hall–Kier alpha value is -3.60. The molecule has 0 bridgehead atoms. The van der Waals surface area contributed by atoms with Gasteiger partial charge in [-0.3, -0.25) is 0 Å². The van der Waals surface area contributed by atoms with E-state index in [4.69, 9.17) is 6.30 Å². The number of hydrogen-bond donors (Lipinski definition) is 0. The molecule has 0 radical (unpaired) electrons. The predicted octanol–water partition coefficient (Wildman–Crippen LogP) is 7.85. The molecule has 0 saturated carbocycles. The molecule has 0 nitrogen and oxygen atoms in total. The van der Waals surface area contributed by atoms with Crippen molar-refractivity contribution in [3.63, 3.8) is 0 Å². The maximum absolute atomic E-state index is 5.16. The fourth-order valence-corrected chi connectivity index (χ4v) is 10.2. The van der Waals surface area contributed by atoms with Crippen LogP contribution in [-0.2, 0) is 0 Å². The minimum absolute atomic E-state index is 1.32. The van der Waals surface area contributed by atoms with Gasteiger partial charge in [0.1, 0.15) is 0 Å². The van der Waals surface area contributed by atoms with Crippen molar-refractivity contribution in [2.75, 3.05) is 0 Å². The van der Waals surface area contributed by atoms with Gasteiger partial charge in [-0.05, 0) is 77.8 Å². The first kappa shape index (κ1) is 17.0. The lowest BCUT2D eigenvalue weighted by Crippen LogP contribution is -2.06. The van der Waals surface area contributed by atoms with Crippen LogP contribution >= 0.6 is 6.89 Å². The topological polar surface area (TPSA) is 0 Å². The summed E-state index contributed by atoms with van der Waals surface area (Å²) in [6.45, 7) is -2.06. The number of benzene rings is 5. The van der Waals surface area contributed by atoms with E-state index in [1.807, 2.05) is 0 Å². The van der Waals surface area contributed by atoms with Crippen molar-refractivity contribution >= 4 is 61.8 Å². The van der Waals surface area contributed by atoms with E-state index in [9.17, 15) is 0 Å². The van der Waals surface area contributed by atoms with E-state index in [1.165, 1.54) is 70.9 Å². The second-order valence-corrected chi connectivity index (χ2v) is 12.0. The summed E-state index contributed by atoms with van der Waals surface area (Å²) in [6.07, 6.45) is 5.16. The molecule has 0 aromatic heterocycles. The van der Waals surface area contributed by atoms with Gasteiger partial charge in [0, 0.05) is 0 Å². The minimum atomic E-state index is -2.06. The molecule has 0 saturated heterocycles. The third kappa shape index (κ3) is 1.76. The van der Waals surface area contributed by atoms with Gasteiger partial charge in [-0.1, -0.05) is 109 Å². The Morgan fingerprint density at radius 3 is 1.34 bits per heavy atom. The minimum Gasteiger partial charge on any atom is -0.0886 e. The molecule has 3 aliphatic rings. The van der Waals surface area contributed by atoms with Crippen molar-refractivity contribution in [1.82, 2.24) is 0 Å². The van der Waals surface area contributed by atoms with Crippen LogP contribution in [0.5, 0.6) is 0 Å². The Morgan fingerprint density at radius 1 is 0.438 bits per heavy atom.